The first-order valence-corrected chi connectivity index (χ1v) is 10.5. The molecule has 8 nitrogen and oxygen atoms in total. The summed E-state index contributed by atoms with van der Waals surface area (Å²) >= 11 is 5.89. The van der Waals surface area contributed by atoms with Gasteiger partial charge in [-0.2, -0.15) is 4.31 Å². The van der Waals surface area contributed by atoms with Crippen molar-refractivity contribution in [2.75, 3.05) is 26.2 Å². The number of hydrogen-bond donors (Lipinski definition) is 2. The SMILES string of the molecule is CC(C)NC(=O)NC(=O)[C@H](C)N1CCN(S(=O)(=O)c2cccc(Cl)c2)CC1. The van der Waals surface area contributed by atoms with E-state index in [9.17, 15) is 18.0 Å². The number of nitrogens with one attached hydrogen (secondary N) is 2. The van der Waals surface area contributed by atoms with Crippen LogP contribution in [0, 0.1) is 0 Å². The lowest BCUT2D eigenvalue weighted by Gasteiger charge is -2.36. The highest BCUT2D eigenvalue weighted by Gasteiger charge is 2.32. The lowest BCUT2D eigenvalue weighted by Crippen LogP contribution is -2.56. The van der Waals surface area contributed by atoms with Gasteiger partial charge in [0.15, 0.2) is 0 Å². The van der Waals surface area contributed by atoms with E-state index in [1.165, 1.54) is 16.4 Å². The minimum atomic E-state index is -3.63. The van der Waals surface area contributed by atoms with Crippen LogP contribution in [0.25, 0.3) is 0 Å². The van der Waals surface area contributed by atoms with Crippen LogP contribution in [0.1, 0.15) is 20.8 Å². The molecule has 1 saturated heterocycles. The largest absolute Gasteiger partial charge is 0.336 e. The van der Waals surface area contributed by atoms with Gasteiger partial charge in [-0.1, -0.05) is 17.7 Å². The minimum absolute atomic E-state index is 0.0756. The Hall–Kier alpha value is -1.68. The fourth-order valence-corrected chi connectivity index (χ4v) is 4.51. The van der Waals surface area contributed by atoms with Gasteiger partial charge in [0.1, 0.15) is 0 Å². The third-order valence-electron chi connectivity index (χ3n) is 4.29. The number of imide groups is 1. The van der Waals surface area contributed by atoms with Crippen LogP contribution in [-0.4, -0.2) is 67.8 Å². The van der Waals surface area contributed by atoms with Gasteiger partial charge in [0, 0.05) is 37.2 Å². The van der Waals surface area contributed by atoms with E-state index in [4.69, 9.17) is 11.6 Å². The summed E-state index contributed by atoms with van der Waals surface area (Å²) in [7, 11) is -3.63. The number of benzene rings is 1. The molecule has 0 bridgehead atoms. The fraction of sp³-hybridized carbons (Fsp3) is 0.529. The molecule has 0 radical (unpaired) electrons. The molecule has 1 aromatic rings. The summed E-state index contributed by atoms with van der Waals surface area (Å²) in [4.78, 5) is 25.9. The maximum Gasteiger partial charge on any atom is 0.321 e. The molecule has 3 amide bonds. The summed E-state index contributed by atoms with van der Waals surface area (Å²) in [5.74, 6) is -0.417. The Bertz CT molecular complexity index is 792. The van der Waals surface area contributed by atoms with Crippen LogP contribution in [0.15, 0.2) is 29.2 Å². The second-order valence-electron chi connectivity index (χ2n) is 6.69. The zero-order chi connectivity index (χ0) is 20.2. The third-order valence-corrected chi connectivity index (χ3v) is 6.42. The van der Waals surface area contributed by atoms with Crippen molar-refractivity contribution in [3.8, 4) is 0 Å². The molecule has 0 saturated carbocycles. The van der Waals surface area contributed by atoms with E-state index in [1.54, 1.807) is 32.9 Å². The summed E-state index contributed by atoms with van der Waals surface area (Å²) in [5, 5.41) is 5.26. The number of hydrogen-bond acceptors (Lipinski definition) is 5. The van der Waals surface area contributed by atoms with Crippen molar-refractivity contribution >= 4 is 33.6 Å². The number of halogens is 1. The quantitative estimate of drug-likeness (QED) is 0.753. The zero-order valence-corrected chi connectivity index (χ0v) is 17.2. The molecular formula is C17H25ClN4O4S. The Kier molecular flexibility index (Phi) is 7.21. The van der Waals surface area contributed by atoms with Crippen LogP contribution < -0.4 is 10.6 Å². The van der Waals surface area contributed by atoms with Gasteiger partial charge in [-0.3, -0.25) is 15.0 Å². The van der Waals surface area contributed by atoms with Crippen LogP contribution in [-0.2, 0) is 14.8 Å². The molecule has 2 rings (SSSR count). The normalized spacial score (nSPS) is 17.5. The predicted octanol–water partition coefficient (Wildman–Crippen LogP) is 1.27. The second-order valence-corrected chi connectivity index (χ2v) is 9.07. The molecule has 2 N–H and O–H groups in total. The number of rotatable bonds is 5. The average molecular weight is 417 g/mol. The van der Waals surface area contributed by atoms with E-state index in [1.807, 2.05) is 4.90 Å². The van der Waals surface area contributed by atoms with E-state index >= 15 is 0 Å². The van der Waals surface area contributed by atoms with Crippen molar-refractivity contribution in [1.29, 1.82) is 0 Å². The monoisotopic (exact) mass is 416 g/mol. The van der Waals surface area contributed by atoms with Crippen LogP contribution >= 0.6 is 11.6 Å². The van der Waals surface area contributed by atoms with Gasteiger partial charge in [-0.15, -0.1) is 0 Å². The lowest BCUT2D eigenvalue weighted by molar-refractivity contribution is -0.125. The highest BCUT2D eigenvalue weighted by Crippen LogP contribution is 2.21. The molecule has 0 spiro atoms. The molecule has 0 aromatic heterocycles. The van der Waals surface area contributed by atoms with Crippen LogP contribution in [0.5, 0.6) is 0 Å². The molecule has 1 heterocycles. The van der Waals surface area contributed by atoms with Crippen LogP contribution in [0.2, 0.25) is 5.02 Å². The van der Waals surface area contributed by atoms with Crippen molar-refractivity contribution in [2.45, 2.75) is 37.8 Å². The number of carbonyl (C=O) groups excluding carboxylic acids is 2. The van der Waals surface area contributed by atoms with E-state index in [0.29, 0.717) is 18.1 Å². The van der Waals surface area contributed by atoms with E-state index in [2.05, 4.69) is 10.6 Å². The van der Waals surface area contributed by atoms with Crippen molar-refractivity contribution in [3.63, 3.8) is 0 Å². The highest BCUT2D eigenvalue weighted by atomic mass is 35.5. The van der Waals surface area contributed by atoms with Gasteiger partial charge in [0.25, 0.3) is 0 Å². The summed E-state index contributed by atoms with van der Waals surface area (Å²) in [6.45, 7) is 6.58. The maximum atomic E-state index is 12.7. The first-order valence-electron chi connectivity index (χ1n) is 8.72. The molecule has 10 heteroatoms. The topological polar surface area (TPSA) is 98.8 Å². The zero-order valence-electron chi connectivity index (χ0n) is 15.6. The van der Waals surface area contributed by atoms with Gasteiger partial charge in [-0.05, 0) is 39.0 Å². The standard InChI is InChI=1S/C17H25ClN4O4S/c1-12(2)19-17(24)20-16(23)13(3)21-7-9-22(10-8-21)27(25,26)15-6-4-5-14(18)11-15/h4-6,11-13H,7-10H2,1-3H3,(H2,19,20,23,24)/t13-/m0/s1. The number of carbonyl (C=O) groups is 2. The number of nitrogens with zero attached hydrogens (tertiary/aromatic N) is 2. The Morgan fingerprint density at radius 1 is 1.11 bits per heavy atom. The molecule has 27 heavy (non-hydrogen) atoms. The van der Waals surface area contributed by atoms with Gasteiger partial charge >= 0.3 is 6.03 Å². The van der Waals surface area contributed by atoms with E-state index < -0.39 is 28.0 Å². The van der Waals surface area contributed by atoms with Crippen molar-refractivity contribution < 1.29 is 18.0 Å². The second kappa shape index (κ2) is 9.01. The van der Waals surface area contributed by atoms with Crippen molar-refractivity contribution in [2.24, 2.45) is 0 Å². The molecule has 1 aromatic carbocycles. The summed E-state index contributed by atoms with van der Waals surface area (Å²) in [5.41, 5.74) is 0. The molecule has 1 atom stereocenters. The van der Waals surface area contributed by atoms with Gasteiger partial charge in [0.2, 0.25) is 15.9 Å². The molecule has 1 aliphatic rings. The Labute approximate surface area is 164 Å². The van der Waals surface area contributed by atoms with Gasteiger partial charge in [-0.25, -0.2) is 13.2 Å². The summed E-state index contributed by atoms with van der Waals surface area (Å²) in [6, 6.07) is 4.99. The number of piperazine rings is 1. The molecule has 1 aliphatic heterocycles. The number of urea groups is 1. The van der Waals surface area contributed by atoms with Crippen LogP contribution in [0.3, 0.4) is 0 Å². The Morgan fingerprint density at radius 2 is 1.74 bits per heavy atom. The van der Waals surface area contributed by atoms with Crippen molar-refractivity contribution in [1.82, 2.24) is 19.8 Å². The van der Waals surface area contributed by atoms with Gasteiger partial charge in [0.05, 0.1) is 10.9 Å². The first-order chi connectivity index (χ1) is 12.6. The minimum Gasteiger partial charge on any atom is -0.336 e. The molecular weight excluding hydrogens is 392 g/mol. The molecule has 150 valence electrons. The molecule has 0 aliphatic carbocycles. The Morgan fingerprint density at radius 3 is 2.30 bits per heavy atom. The number of amides is 3. The van der Waals surface area contributed by atoms with Crippen LogP contribution in [0.4, 0.5) is 4.79 Å². The van der Waals surface area contributed by atoms with E-state index in [-0.39, 0.29) is 24.0 Å². The van der Waals surface area contributed by atoms with Gasteiger partial charge < -0.3 is 5.32 Å². The average Bonchev–Trinajstić information content (AvgIpc) is 2.60. The van der Waals surface area contributed by atoms with E-state index in [0.717, 1.165) is 0 Å². The smallest absolute Gasteiger partial charge is 0.321 e. The Balaban J connectivity index is 1.94. The maximum absolute atomic E-state index is 12.7. The summed E-state index contributed by atoms with van der Waals surface area (Å²) in [6.07, 6.45) is 0. The lowest BCUT2D eigenvalue weighted by atomic mass is 10.2. The summed E-state index contributed by atoms with van der Waals surface area (Å²) < 4.78 is 26.8. The highest BCUT2D eigenvalue weighted by molar-refractivity contribution is 7.89. The number of sulfonamides is 1. The first kappa shape index (κ1) is 21.6. The molecule has 0 unspecified atom stereocenters. The van der Waals surface area contributed by atoms with Crippen molar-refractivity contribution in [3.05, 3.63) is 29.3 Å². The molecule has 1 fully saturated rings. The third kappa shape index (κ3) is 5.65. The predicted molar refractivity (Wildman–Crippen MR) is 103 cm³/mol. The fourth-order valence-electron chi connectivity index (χ4n) is 2.79.